The Kier molecular flexibility index (Phi) is 6.26. The van der Waals surface area contributed by atoms with Gasteiger partial charge in [-0.3, -0.25) is 9.59 Å². The normalized spacial score (nSPS) is 23.2. The molecule has 0 spiro atoms. The van der Waals surface area contributed by atoms with E-state index in [1.165, 1.54) is 16.0 Å². The van der Waals surface area contributed by atoms with Gasteiger partial charge < -0.3 is 20.1 Å². The molecule has 2 N–H and O–H groups in total. The van der Waals surface area contributed by atoms with Crippen LogP contribution in [0, 0.1) is 5.41 Å². The number of aliphatic carboxylic acids is 1. The summed E-state index contributed by atoms with van der Waals surface area (Å²) in [6.07, 6.45) is 4.19. The maximum Gasteiger partial charge on any atom is 0.407 e. The number of hydrogen-bond donors (Lipinski definition) is 2. The van der Waals surface area contributed by atoms with Crippen molar-refractivity contribution in [3.63, 3.8) is 0 Å². The zero-order valence-corrected chi connectivity index (χ0v) is 20.0. The highest BCUT2D eigenvalue weighted by Gasteiger charge is 2.49. The Balaban J connectivity index is 1.28. The molecule has 2 aromatic carbocycles. The number of rotatable bonds is 7. The molecule has 184 valence electrons. The summed E-state index contributed by atoms with van der Waals surface area (Å²) < 4.78 is 5.73. The van der Waals surface area contributed by atoms with Gasteiger partial charge in [0.25, 0.3) is 0 Å². The molecule has 5 rings (SSSR count). The molecule has 0 aromatic heterocycles. The van der Waals surface area contributed by atoms with Crippen LogP contribution in [0.4, 0.5) is 4.79 Å². The predicted octanol–water partition coefficient (Wildman–Crippen LogP) is 4.55. The van der Waals surface area contributed by atoms with Gasteiger partial charge in [-0.05, 0) is 54.9 Å². The Bertz CT molecular complexity index is 1100. The third-order valence-corrected chi connectivity index (χ3v) is 7.89. The molecule has 0 aliphatic heterocycles. The molecule has 2 saturated carbocycles. The number of carboxylic acid groups (broad SMARTS) is 1. The number of carbonyl (C=O) groups is 3. The maximum absolute atomic E-state index is 13.5. The molecule has 35 heavy (non-hydrogen) atoms. The van der Waals surface area contributed by atoms with Crippen LogP contribution in [0.25, 0.3) is 11.1 Å². The number of fused-ring (bicyclic) bond motifs is 3. The van der Waals surface area contributed by atoms with Crippen LogP contribution >= 0.6 is 0 Å². The van der Waals surface area contributed by atoms with E-state index in [0.29, 0.717) is 12.8 Å². The van der Waals surface area contributed by atoms with Crippen LogP contribution in [0.5, 0.6) is 0 Å². The van der Waals surface area contributed by atoms with E-state index in [-0.39, 0.29) is 31.0 Å². The summed E-state index contributed by atoms with van der Waals surface area (Å²) in [4.78, 5) is 39.4. The van der Waals surface area contributed by atoms with Gasteiger partial charge in [0.05, 0.1) is 5.41 Å². The highest BCUT2D eigenvalue weighted by molar-refractivity contribution is 5.87. The van der Waals surface area contributed by atoms with Gasteiger partial charge >= 0.3 is 12.1 Å². The smallest absolute Gasteiger partial charge is 0.407 e. The van der Waals surface area contributed by atoms with Crippen LogP contribution in [0.15, 0.2) is 48.5 Å². The Morgan fingerprint density at radius 2 is 1.63 bits per heavy atom. The van der Waals surface area contributed by atoms with Crippen LogP contribution in [-0.2, 0) is 14.3 Å². The highest BCUT2D eigenvalue weighted by atomic mass is 16.5. The summed E-state index contributed by atoms with van der Waals surface area (Å²) in [5.74, 6) is -1.22. The van der Waals surface area contributed by atoms with E-state index < -0.39 is 23.5 Å². The lowest BCUT2D eigenvalue weighted by Gasteiger charge is -2.43. The summed E-state index contributed by atoms with van der Waals surface area (Å²) in [5.41, 5.74) is 3.78. The average molecular weight is 477 g/mol. The van der Waals surface area contributed by atoms with Crippen LogP contribution in [0.1, 0.15) is 62.5 Å². The zero-order chi connectivity index (χ0) is 24.6. The monoisotopic (exact) mass is 476 g/mol. The second-order valence-electron chi connectivity index (χ2n) is 10.2. The van der Waals surface area contributed by atoms with Gasteiger partial charge in [0.2, 0.25) is 5.91 Å². The molecule has 0 bridgehead atoms. The topological polar surface area (TPSA) is 95.9 Å². The van der Waals surface area contributed by atoms with Crippen molar-refractivity contribution < 1.29 is 24.2 Å². The fourth-order valence-electron chi connectivity index (χ4n) is 5.83. The first-order valence-corrected chi connectivity index (χ1v) is 12.5. The molecular weight excluding hydrogens is 444 g/mol. The Morgan fingerprint density at radius 3 is 2.23 bits per heavy atom. The van der Waals surface area contributed by atoms with E-state index in [1.54, 1.807) is 0 Å². The van der Waals surface area contributed by atoms with Gasteiger partial charge in [-0.15, -0.1) is 0 Å². The van der Waals surface area contributed by atoms with Crippen molar-refractivity contribution >= 4 is 18.0 Å². The van der Waals surface area contributed by atoms with Crippen molar-refractivity contribution in [2.45, 2.75) is 63.5 Å². The molecule has 2 fully saturated rings. The fraction of sp³-hybridized carbons (Fsp3) is 0.464. The second kappa shape index (κ2) is 9.36. The number of benzene rings is 2. The van der Waals surface area contributed by atoms with E-state index in [2.05, 4.69) is 29.6 Å². The highest BCUT2D eigenvalue weighted by Crippen LogP contribution is 2.45. The number of ether oxygens (including phenoxy) is 1. The van der Waals surface area contributed by atoms with Gasteiger partial charge in [0.1, 0.15) is 13.2 Å². The molecule has 3 aliphatic rings. The summed E-state index contributed by atoms with van der Waals surface area (Å²) in [5, 5.41) is 12.3. The summed E-state index contributed by atoms with van der Waals surface area (Å²) >= 11 is 0. The van der Waals surface area contributed by atoms with Crippen molar-refractivity contribution in [1.29, 1.82) is 0 Å². The second-order valence-corrected chi connectivity index (χ2v) is 10.2. The fourth-order valence-corrected chi connectivity index (χ4v) is 5.83. The molecule has 2 atom stereocenters. The Morgan fingerprint density at radius 1 is 1.00 bits per heavy atom. The SMILES string of the molecule is CC1(C(=O)N(CC(=O)O)C2CC2)CCCCC1NC(=O)OCC1c2ccccc2-c2ccccc21. The lowest BCUT2D eigenvalue weighted by Crippen LogP contribution is -2.57. The number of carbonyl (C=O) groups excluding carboxylic acids is 2. The van der Waals surface area contributed by atoms with E-state index in [0.717, 1.165) is 36.8 Å². The molecule has 2 aromatic rings. The lowest BCUT2D eigenvalue weighted by molar-refractivity contribution is -0.152. The van der Waals surface area contributed by atoms with Crippen molar-refractivity contribution in [2.24, 2.45) is 5.41 Å². The lowest BCUT2D eigenvalue weighted by atomic mass is 9.70. The number of amides is 2. The van der Waals surface area contributed by atoms with Gasteiger partial charge in [-0.2, -0.15) is 0 Å². The minimum absolute atomic E-state index is 0.00699. The number of alkyl carbamates (subject to hydrolysis) is 1. The molecule has 0 heterocycles. The zero-order valence-electron chi connectivity index (χ0n) is 20.0. The number of nitrogens with one attached hydrogen (secondary N) is 1. The Hall–Kier alpha value is -3.35. The third kappa shape index (κ3) is 4.51. The van der Waals surface area contributed by atoms with Crippen LogP contribution < -0.4 is 5.32 Å². The van der Waals surface area contributed by atoms with Crippen molar-refractivity contribution in [3.8, 4) is 11.1 Å². The molecule has 0 radical (unpaired) electrons. The molecule has 7 nitrogen and oxygen atoms in total. The van der Waals surface area contributed by atoms with Crippen LogP contribution in [0.3, 0.4) is 0 Å². The average Bonchev–Trinajstić information content (AvgIpc) is 3.65. The van der Waals surface area contributed by atoms with Crippen molar-refractivity contribution in [1.82, 2.24) is 10.2 Å². The third-order valence-electron chi connectivity index (χ3n) is 7.89. The Labute approximate surface area is 205 Å². The summed E-state index contributed by atoms with van der Waals surface area (Å²) in [6.45, 7) is 1.78. The molecule has 0 saturated heterocycles. The van der Waals surface area contributed by atoms with Crippen LogP contribution in [0.2, 0.25) is 0 Å². The predicted molar refractivity (Wildman–Crippen MR) is 131 cm³/mol. The van der Waals surface area contributed by atoms with Gasteiger partial charge in [0, 0.05) is 18.0 Å². The largest absolute Gasteiger partial charge is 0.480 e. The first kappa shape index (κ1) is 23.4. The number of carboxylic acids is 1. The minimum Gasteiger partial charge on any atom is -0.480 e. The van der Waals surface area contributed by atoms with E-state index in [1.807, 2.05) is 31.2 Å². The van der Waals surface area contributed by atoms with Gasteiger partial charge in [-0.25, -0.2) is 4.79 Å². The van der Waals surface area contributed by atoms with Crippen molar-refractivity contribution in [2.75, 3.05) is 13.2 Å². The molecule has 2 amide bonds. The quantitative estimate of drug-likeness (QED) is 0.611. The van der Waals surface area contributed by atoms with E-state index in [4.69, 9.17) is 4.74 Å². The van der Waals surface area contributed by atoms with Gasteiger partial charge in [0.15, 0.2) is 0 Å². The minimum atomic E-state index is -1.01. The molecule has 3 aliphatic carbocycles. The first-order valence-electron chi connectivity index (χ1n) is 12.5. The summed E-state index contributed by atoms with van der Waals surface area (Å²) in [7, 11) is 0. The maximum atomic E-state index is 13.5. The standard InChI is InChI=1S/C28H32N2O5/c1-28(26(33)30(16-25(31)32)18-13-14-18)15-7-6-12-24(28)29-27(34)35-17-23-21-10-4-2-8-19(21)20-9-3-5-11-22(20)23/h2-5,8-11,18,23-24H,6-7,12-17H2,1H3,(H,29,34)(H,31,32). The summed E-state index contributed by atoms with van der Waals surface area (Å²) in [6, 6.07) is 16.0. The first-order chi connectivity index (χ1) is 16.9. The van der Waals surface area contributed by atoms with Gasteiger partial charge in [-0.1, -0.05) is 61.4 Å². The van der Waals surface area contributed by atoms with Crippen LogP contribution in [-0.4, -0.2) is 53.2 Å². The number of hydrogen-bond acceptors (Lipinski definition) is 4. The van der Waals surface area contributed by atoms with E-state index in [9.17, 15) is 19.5 Å². The molecule has 2 unspecified atom stereocenters. The molecule has 7 heteroatoms. The molecular formula is C28H32N2O5. The number of nitrogens with zero attached hydrogens (tertiary/aromatic N) is 1. The van der Waals surface area contributed by atoms with E-state index >= 15 is 0 Å². The van der Waals surface area contributed by atoms with Crippen molar-refractivity contribution in [3.05, 3.63) is 59.7 Å².